The molecule has 0 spiro atoms. The van der Waals surface area contributed by atoms with Gasteiger partial charge in [0.25, 0.3) is 0 Å². The molecule has 0 aliphatic carbocycles. The zero-order valence-corrected chi connectivity index (χ0v) is 25.9. The number of nitrogen functional groups attached to an aromatic ring is 1. The Bertz CT molecular complexity index is 1410. The van der Waals surface area contributed by atoms with Gasteiger partial charge in [0, 0.05) is 24.9 Å². The Hall–Kier alpha value is -3.95. The number of carbonyl (C=O) groups excluding carboxylic acids is 1. The summed E-state index contributed by atoms with van der Waals surface area (Å²) in [4.78, 5) is 23.2. The van der Waals surface area contributed by atoms with Gasteiger partial charge in [0.1, 0.15) is 35.5 Å². The Morgan fingerprint density at radius 2 is 1.60 bits per heavy atom. The van der Waals surface area contributed by atoms with Crippen molar-refractivity contribution in [3.63, 3.8) is 0 Å². The second-order valence-corrected chi connectivity index (χ2v) is 12.1. The Morgan fingerprint density at radius 3 is 2.16 bits per heavy atom. The summed E-state index contributed by atoms with van der Waals surface area (Å²) in [6, 6.07) is 10.3. The number of fused-ring (bicyclic) bond motifs is 2. The van der Waals surface area contributed by atoms with Crippen molar-refractivity contribution < 1.29 is 23.0 Å². The molecule has 3 N–H and O–H groups in total. The monoisotopic (exact) mass is 595 g/mol. The third-order valence-corrected chi connectivity index (χ3v) is 7.78. The van der Waals surface area contributed by atoms with Crippen molar-refractivity contribution in [1.82, 2.24) is 14.9 Å². The van der Waals surface area contributed by atoms with Gasteiger partial charge in [-0.2, -0.15) is 0 Å². The number of aromatic nitrogens is 2. The molecule has 232 valence electrons. The van der Waals surface area contributed by atoms with E-state index < -0.39 is 5.60 Å². The molecule has 0 saturated carbocycles. The van der Waals surface area contributed by atoms with E-state index in [1.165, 1.54) is 18.5 Å². The van der Waals surface area contributed by atoms with Crippen molar-refractivity contribution in [2.24, 2.45) is 0 Å². The first kappa shape index (κ1) is 32.0. The fourth-order valence-electron chi connectivity index (χ4n) is 5.47. The topological polar surface area (TPSA) is 103 Å². The van der Waals surface area contributed by atoms with E-state index in [0.717, 1.165) is 55.2 Å². The van der Waals surface area contributed by atoms with Gasteiger partial charge >= 0.3 is 6.09 Å². The highest BCUT2D eigenvalue weighted by Crippen LogP contribution is 2.39. The van der Waals surface area contributed by atoms with E-state index in [1.54, 1.807) is 12.1 Å². The standard InChI is InChI=1S/C25H33FN4O3.C8H10FN/c1-6-16-7-10-21(20(26)11-16)29-22-15(2)23(28-14-27-22)32-19-12-17-8-9-18(13-19)30(17)24(31)33-25(3,4)5;1-2-6-3-4-8(10)7(9)5-6/h7,10-11,14,17-19H,6,8-9,12-13H2,1-5H3,(H,27,28,29);3-5H,2,10H2,1H3. The number of nitrogens with two attached hydrogens (primary N) is 1. The second-order valence-electron chi connectivity index (χ2n) is 12.1. The number of ether oxygens (including phenoxy) is 2. The lowest BCUT2D eigenvalue weighted by molar-refractivity contribution is -0.00770. The Morgan fingerprint density at radius 1 is 1.00 bits per heavy atom. The summed E-state index contributed by atoms with van der Waals surface area (Å²) >= 11 is 0. The average Bonchev–Trinajstić information content (AvgIpc) is 3.23. The molecule has 2 saturated heterocycles. The second kappa shape index (κ2) is 13.6. The van der Waals surface area contributed by atoms with Crippen LogP contribution in [0.15, 0.2) is 42.7 Å². The molecule has 43 heavy (non-hydrogen) atoms. The summed E-state index contributed by atoms with van der Waals surface area (Å²) in [7, 11) is 0. The number of nitrogens with one attached hydrogen (secondary N) is 1. The lowest BCUT2D eigenvalue weighted by atomic mass is 10.00. The molecule has 2 aliphatic rings. The quantitative estimate of drug-likeness (QED) is 0.284. The van der Waals surface area contributed by atoms with Crippen LogP contribution in [-0.2, 0) is 17.6 Å². The van der Waals surface area contributed by atoms with Crippen LogP contribution in [0, 0.1) is 18.6 Å². The maximum atomic E-state index is 14.4. The van der Waals surface area contributed by atoms with Crippen molar-refractivity contribution in [1.29, 1.82) is 0 Å². The lowest BCUT2D eigenvalue weighted by Crippen LogP contribution is -2.50. The number of piperidine rings is 1. The molecule has 1 amide bonds. The van der Waals surface area contributed by atoms with Gasteiger partial charge in [0.2, 0.25) is 5.88 Å². The van der Waals surface area contributed by atoms with Gasteiger partial charge in [0.15, 0.2) is 0 Å². The van der Waals surface area contributed by atoms with Gasteiger partial charge in [-0.25, -0.2) is 23.5 Å². The van der Waals surface area contributed by atoms with Crippen LogP contribution in [0.3, 0.4) is 0 Å². The smallest absolute Gasteiger partial charge is 0.410 e. The van der Waals surface area contributed by atoms with Crippen molar-refractivity contribution >= 4 is 23.3 Å². The molecule has 2 fully saturated rings. The number of rotatable bonds is 6. The van der Waals surface area contributed by atoms with Crippen LogP contribution in [0.2, 0.25) is 0 Å². The molecule has 2 aliphatic heterocycles. The number of nitrogens with zero attached hydrogens (tertiary/aromatic N) is 3. The van der Waals surface area contributed by atoms with Crippen LogP contribution >= 0.6 is 0 Å². The normalized spacial score (nSPS) is 19.3. The van der Waals surface area contributed by atoms with Gasteiger partial charge in [-0.1, -0.05) is 26.0 Å². The minimum Gasteiger partial charge on any atom is -0.474 e. The SMILES string of the molecule is CCc1ccc(N)c(F)c1.CCc1ccc(Nc2ncnc(OC3CC4CCC(C3)N4C(=O)OC(C)(C)C)c2C)c(F)c1. The summed E-state index contributed by atoms with van der Waals surface area (Å²) in [5.74, 6) is 0.353. The molecule has 2 aromatic carbocycles. The van der Waals surface area contributed by atoms with Crippen molar-refractivity contribution in [2.75, 3.05) is 11.1 Å². The number of hydrogen-bond donors (Lipinski definition) is 2. The fourth-order valence-corrected chi connectivity index (χ4v) is 5.47. The van der Waals surface area contributed by atoms with Crippen LogP contribution in [0.5, 0.6) is 5.88 Å². The molecule has 2 bridgehead atoms. The third-order valence-electron chi connectivity index (χ3n) is 7.78. The van der Waals surface area contributed by atoms with Gasteiger partial charge in [-0.15, -0.1) is 0 Å². The third kappa shape index (κ3) is 8.12. The molecule has 2 atom stereocenters. The predicted molar refractivity (Wildman–Crippen MR) is 165 cm³/mol. The first-order valence-corrected chi connectivity index (χ1v) is 15.0. The largest absolute Gasteiger partial charge is 0.474 e. The summed E-state index contributed by atoms with van der Waals surface area (Å²) < 4.78 is 39.0. The van der Waals surface area contributed by atoms with Gasteiger partial charge < -0.3 is 25.4 Å². The number of amides is 1. The number of benzene rings is 2. The van der Waals surface area contributed by atoms with Crippen molar-refractivity contribution in [3.05, 3.63) is 71.1 Å². The molecule has 3 aromatic rings. The van der Waals surface area contributed by atoms with Crippen LogP contribution in [-0.4, -0.2) is 44.7 Å². The lowest BCUT2D eigenvalue weighted by Gasteiger charge is -2.39. The number of aryl methyl sites for hydroxylation is 2. The summed E-state index contributed by atoms with van der Waals surface area (Å²) in [5.41, 5.74) is 7.98. The van der Waals surface area contributed by atoms with Gasteiger partial charge in [-0.05, 0) is 88.8 Å². The van der Waals surface area contributed by atoms with Crippen LogP contribution in [0.4, 0.5) is 30.8 Å². The highest BCUT2D eigenvalue weighted by Gasteiger charge is 2.45. The van der Waals surface area contributed by atoms with E-state index in [0.29, 0.717) is 17.4 Å². The molecule has 8 nitrogen and oxygen atoms in total. The first-order chi connectivity index (χ1) is 20.4. The van der Waals surface area contributed by atoms with Crippen molar-refractivity contribution in [2.45, 2.75) is 104 Å². The summed E-state index contributed by atoms with van der Waals surface area (Å²) in [5, 5.41) is 3.07. The zero-order chi connectivity index (χ0) is 31.3. The van der Waals surface area contributed by atoms with E-state index in [9.17, 15) is 13.6 Å². The number of hydrogen-bond acceptors (Lipinski definition) is 7. The molecule has 2 unspecified atom stereocenters. The maximum absolute atomic E-state index is 14.4. The highest BCUT2D eigenvalue weighted by molar-refractivity contribution is 5.69. The van der Waals surface area contributed by atoms with E-state index in [-0.39, 0.29) is 41.6 Å². The van der Waals surface area contributed by atoms with Gasteiger partial charge in [0.05, 0.1) is 16.9 Å². The molecular formula is C33H43F2N5O3. The van der Waals surface area contributed by atoms with Gasteiger partial charge in [-0.3, -0.25) is 0 Å². The fraction of sp³-hybridized carbons (Fsp3) is 0.485. The van der Waals surface area contributed by atoms with Crippen LogP contribution in [0.1, 0.15) is 77.0 Å². The first-order valence-electron chi connectivity index (χ1n) is 15.0. The van der Waals surface area contributed by atoms with Crippen LogP contribution < -0.4 is 15.8 Å². The number of carbonyl (C=O) groups is 1. The zero-order valence-electron chi connectivity index (χ0n) is 25.9. The van der Waals surface area contributed by atoms with E-state index >= 15 is 0 Å². The molecular weight excluding hydrogens is 552 g/mol. The summed E-state index contributed by atoms with van der Waals surface area (Å²) in [6.45, 7) is 11.5. The van der Waals surface area contributed by atoms with Crippen LogP contribution in [0.25, 0.3) is 0 Å². The van der Waals surface area contributed by atoms with E-state index in [4.69, 9.17) is 15.2 Å². The Kier molecular flexibility index (Phi) is 10.1. The molecule has 3 heterocycles. The summed E-state index contributed by atoms with van der Waals surface area (Å²) in [6.07, 6.45) is 6.11. The Labute approximate surface area is 253 Å². The molecule has 0 radical (unpaired) electrons. The van der Waals surface area contributed by atoms with E-state index in [2.05, 4.69) is 15.3 Å². The Balaban J connectivity index is 0.000000359. The minimum absolute atomic E-state index is 0.0526. The van der Waals surface area contributed by atoms with E-state index in [1.807, 2.05) is 58.6 Å². The molecule has 5 rings (SSSR count). The minimum atomic E-state index is -0.512. The van der Waals surface area contributed by atoms with Crippen molar-refractivity contribution in [3.8, 4) is 5.88 Å². The predicted octanol–water partition coefficient (Wildman–Crippen LogP) is 7.51. The highest BCUT2D eigenvalue weighted by atomic mass is 19.1. The molecule has 10 heteroatoms. The maximum Gasteiger partial charge on any atom is 0.410 e. The molecule has 1 aromatic heterocycles. The number of anilines is 3. The number of halogens is 2. The average molecular weight is 596 g/mol.